The van der Waals surface area contributed by atoms with E-state index in [1.165, 1.54) is 43.0 Å². The molecule has 1 aromatic rings. The lowest BCUT2D eigenvalue weighted by atomic mass is 9.95. The van der Waals surface area contributed by atoms with Gasteiger partial charge in [0.25, 0.3) is 0 Å². The van der Waals surface area contributed by atoms with Crippen molar-refractivity contribution >= 4 is 22.0 Å². The maximum Gasteiger partial charge on any atom is 0.335 e. The summed E-state index contributed by atoms with van der Waals surface area (Å²) >= 11 is 3.63. The van der Waals surface area contributed by atoms with Gasteiger partial charge in [0.2, 0.25) is 0 Å². The van der Waals surface area contributed by atoms with Crippen molar-refractivity contribution in [3.63, 3.8) is 0 Å². The van der Waals surface area contributed by atoms with Crippen molar-refractivity contribution in [2.45, 2.75) is 43.2 Å². The predicted octanol–water partition coefficient (Wildman–Crippen LogP) is 2.95. The van der Waals surface area contributed by atoms with E-state index in [1.807, 2.05) is 12.4 Å². The molecule has 0 saturated heterocycles. The molecule has 1 saturated carbocycles. The van der Waals surface area contributed by atoms with Gasteiger partial charge in [0, 0.05) is 30.8 Å². The third-order valence-corrected chi connectivity index (χ3v) is 4.73. The molecule has 6 heteroatoms. The number of alkyl halides is 1. The quantitative estimate of drug-likeness (QED) is 0.589. The van der Waals surface area contributed by atoms with Crippen molar-refractivity contribution in [3.05, 3.63) is 31.1 Å². The van der Waals surface area contributed by atoms with Gasteiger partial charge in [-0.1, -0.05) is 19.3 Å². The predicted molar refractivity (Wildman–Crippen MR) is 75.4 cm³/mol. The molecule has 0 bridgehead atoms. The zero-order valence-corrected chi connectivity index (χ0v) is 12.2. The average molecular weight is 325 g/mol. The zero-order valence-electron chi connectivity index (χ0n) is 10.7. The van der Waals surface area contributed by atoms with Gasteiger partial charge < -0.3 is 4.90 Å². The summed E-state index contributed by atoms with van der Waals surface area (Å²) < 4.78 is 1.49. The number of carbonyl (C=O) groups is 1. The Morgan fingerprint density at radius 1 is 1.21 bits per heavy atom. The van der Waals surface area contributed by atoms with Crippen LogP contribution in [0.5, 0.6) is 0 Å². The molecule has 1 fully saturated rings. The number of hydrogen-bond donors (Lipinski definition) is 0. The first kappa shape index (κ1) is 12.7. The smallest absolute Gasteiger partial charge is 0.335 e. The molecule has 102 valence electrons. The maximum atomic E-state index is 12.3. The summed E-state index contributed by atoms with van der Waals surface area (Å²) in [5.41, 5.74) is 0. The largest absolute Gasteiger partial charge is 0.344 e. The summed E-state index contributed by atoms with van der Waals surface area (Å²) in [5, 5.41) is -0.0921. The highest BCUT2D eigenvalue weighted by molar-refractivity contribution is 9.09. The van der Waals surface area contributed by atoms with Crippen molar-refractivity contribution < 1.29 is 4.79 Å². The molecule has 5 nitrogen and oxygen atoms in total. The lowest BCUT2D eigenvalue weighted by molar-refractivity contribution is 0.158. The normalized spacial score (nSPS) is 24.2. The van der Waals surface area contributed by atoms with Gasteiger partial charge in [-0.15, -0.1) is 0 Å². The SMILES string of the molecule is O=C(N1C=CN(C2CCCCC2)C1Br)n1ccnc1. The topological polar surface area (TPSA) is 41.4 Å². The van der Waals surface area contributed by atoms with Crippen molar-refractivity contribution in [2.24, 2.45) is 0 Å². The fourth-order valence-electron chi connectivity index (χ4n) is 2.77. The standard InChI is InChI=1S/C13H17BrN4O/c14-12-17(11-4-2-1-3-5-11)8-9-18(12)13(19)16-7-6-15-10-16/h6-12H,1-5H2. The third kappa shape index (κ3) is 2.41. The number of amides is 1. The number of hydrogen-bond acceptors (Lipinski definition) is 3. The van der Waals surface area contributed by atoms with Crippen LogP contribution in [0.2, 0.25) is 0 Å². The monoisotopic (exact) mass is 324 g/mol. The molecule has 2 aliphatic rings. The fraction of sp³-hybridized carbons (Fsp3) is 0.538. The second-order valence-corrected chi connectivity index (χ2v) is 5.83. The molecule has 1 amide bonds. The number of nitrogens with zero attached hydrogens (tertiary/aromatic N) is 4. The molecular formula is C13H17BrN4O. The van der Waals surface area contributed by atoms with E-state index in [1.54, 1.807) is 17.3 Å². The van der Waals surface area contributed by atoms with E-state index < -0.39 is 0 Å². The van der Waals surface area contributed by atoms with E-state index in [-0.39, 0.29) is 11.1 Å². The molecule has 19 heavy (non-hydrogen) atoms. The van der Waals surface area contributed by atoms with Crippen LogP contribution in [0.3, 0.4) is 0 Å². The third-order valence-electron chi connectivity index (χ3n) is 3.82. The lowest BCUT2D eigenvalue weighted by Gasteiger charge is -2.35. The minimum absolute atomic E-state index is 0.0889. The molecule has 1 aliphatic carbocycles. The van der Waals surface area contributed by atoms with Crippen molar-refractivity contribution in [1.82, 2.24) is 19.4 Å². The lowest BCUT2D eigenvalue weighted by Crippen LogP contribution is -2.43. The highest BCUT2D eigenvalue weighted by Gasteiger charge is 2.33. The first-order valence-electron chi connectivity index (χ1n) is 6.68. The summed E-state index contributed by atoms with van der Waals surface area (Å²) in [4.78, 5) is 20.1. The molecule has 0 aromatic carbocycles. The van der Waals surface area contributed by atoms with Crippen molar-refractivity contribution in [1.29, 1.82) is 0 Å². The second kappa shape index (κ2) is 5.36. The van der Waals surface area contributed by atoms with E-state index in [2.05, 4.69) is 25.8 Å². The Bertz CT molecular complexity index is 467. The molecule has 1 aliphatic heterocycles. The number of rotatable bonds is 1. The Balaban J connectivity index is 1.70. The van der Waals surface area contributed by atoms with Crippen LogP contribution in [0.4, 0.5) is 4.79 Å². The first-order valence-corrected chi connectivity index (χ1v) is 7.59. The van der Waals surface area contributed by atoms with E-state index in [4.69, 9.17) is 0 Å². The minimum Gasteiger partial charge on any atom is -0.344 e. The van der Waals surface area contributed by atoms with E-state index in [0.717, 1.165) is 0 Å². The summed E-state index contributed by atoms with van der Waals surface area (Å²) in [6.07, 6.45) is 15.0. The van der Waals surface area contributed by atoms with Crippen molar-refractivity contribution in [2.75, 3.05) is 0 Å². The Hall–Kier alpha value is -1.30. The van der Waals surface area contributed by atoms with Gasteiger partial charge in [0.1, 0.15) is 6.33 Å². The summed E-state index contributed by atoms with van der Waals surface area (Å²) in [7, 11) is 0. The maximum absolute atomic E-state index is 12.3. The summed E-state index contributed by atoms with van der Waals surface area (Å²) in [6.45, 7) is 0. The van der Waals surface area contributed by atoms with Gasteiger partial charge >= 0.3 is 6.03 Å². The molecule has 2 heterocycles. The van der Waals surface area contributed by atoms with Crippen molar-refractivity contribution in [3.8, 4) is 0 Å². The number of imidazole rings is 1. The Labute approximate surface area is 121 Å². The first-order chi connectivity index (χ1) is 9.27. The summed E-state index contributed by atoms with van der Waals surface area (Å²) in [5.74, 6) is 0. The number of aromatic nitrogens is 2. The van der Waals surface area contributed by atoms with E-state index >= 15 is 0 Å². The number of carbonyl (C=O) groups excluding carboxylic acids is 1. The van der Waals surface area contributed by atoms with E-state index in [0.29, 0.717) is 6.04 Å². The molecule has 0 radical (unpaired) electrons. The van der Waals surface area contributed by atoms with Crippen LogP contribution in [0.1, 0.15) is 32.1 Å². The van der Waals surface area contributed by atoms with Gasteiger partial charge in [-0.2, -0.15) is 0 Å². The van der Waals surface area contributed by atoms with Crippen LogP contribution in [0.25, 0.3) is 0 Å². The molecule has 3 rings (SSSR count). The van der Waals surface area contributed by atoms with Crippen LogP contribution in [-0.4, -0.2) is 36.5 Å². The van der Waals surface area contributed by atoms with Gasteiger partial charge in [0.05, 0.1) is 0 Å². The highest BCUT2D eigenvalue weighted by Crippen LogP contribution is 2.31. The van der Waals surface area contributed by atoms with Gasteiger partial charge in [-0.3, -0.25) is 9.47 Å². The molecule has 0 spiro atoms. The molecular weight excluding hydrogens is 308 g/mol. The zero-order chi connectivity index (χ0) is 13.2. The second-order valence-electron chi connectivity index (χ2n) is 5.01. The van der Waals surface area contributed by atoms with Gasteiger partial charge in [-0.25, -0.2) is 9.78 Å². The average Bonchev–Trinajstić information content (AvgIpc) is 3.08. The Morgan fingerprint density at radius 3 is 2.68 bits per heavy atom. The Morgan fingerprint density at radius 2 is 2.00 bits per heavy atom. The summed E-state index contributed by atoms with van der Waals surface area (Å²) in [6, 6.07) is 0.448. The minimum atomic E-state index is -0.0921. The fourth-order valence-corrected chi connectivity index (χ4v) is 3.55. The van der Waals surface area contributed by atoms with Crippen LogP contribution < -0.4 is 0 Å². The van der Waals surface area contributed by atoms with E-state index in [9.17, 15) is 4.79 Å². The van der Waals surface area contributed by atoms with Crippen LogP contribution >= 0.6 is 15.9 Å². The van der Waals surface area contributed by atoms with Gasteiger partial charge in [-0.05, 0) is 28.8 Å². The van der Waals surface area contributed by atoms with Crippen LogP contribution in [-0.2, 0) is 0 Å². The molecule has 1 atom stereocenters. The van der Waals surface area contributed by atoms with Gasteiger partial charge in [0.15, 0.2) is 5.08 Å². The molecule has 1 unspecified atom stereocenters. The van der Waals surface area contributed by atoms with Crippen LogP contribution in [0, 0.1) is 0 Å². The highest BCUT2D eigenvalue weighted by atomic mass is 79.9. The molecule has 0 N–H and O–H groups in total. The molecule has 1 aromatic heterocycles. The Kier molecular flexibility index (Phi) is 3.59. The van der Waals surface area contributed by atoms with Crippen LogP contribution in [0.15, 0.2) is 31.1 Å². The number of halogens is 1.